The molecule has 1 aliphatic rings. The molecule has 1 aliphatic carbocycles. The summed E-state index contributed by atoms with van der Waals surface area (Å²) in [6, 6.07) is 3.82. The second-order valence-electron chi connectivity index (χ2n) is 4.68. The second-order valence-corrected chi connectivity index (χ2v) is 5.59. The van der Waals surface area contributed by atoms with Gasteiger partial charge in [-0.25, -0.2) is 0 Å². The van der Waals surface area contributed by atoms with Crippen molar-refractivity contribution in [3.63, 3.8) is 0 Å². The number of pyridine rings is 1. The Hall–Kier alpha value is -0.960. The predicted octanol–water partition coefficient (Wildman–Crippen LogP) is 3.70. The van der Waals surface area contributed by atoms with Crippen LogP contribution < -0.4 is 0 Å². The van der Waals surface area contributed by atoms with Crippen molar-refractivity contribution >= 4 is 21.7 Å². The van der Waals surface area contributed by atoms with Crippen LogP contribution in [0.1, 0.15) is 31.9 Å². The Balaban J connectivity index is 2.00. The number of hydrogen-bond donors (Lipinski definition) is 0. The molecule has 1 heterocycles. The highest BCUT2D eigenvalue weighted by molar-refractivity contribution is 9.10. The molecule has 90 valence electrons. The SMILES string of the molecule is CC1CC=C(C(=O)Cc2ccc(Br)cn2)CC1. The van der Waals surface area contributed by atoms with E-state index in [1.54, 1.807) is 6.20 Å². The Bertz CT molecular complexity index is 436. The van der Waals surface area contributed by atoms with E-state index in [1.807, 2.05) is 12.1 Å². The van der Waals surface area contributed by atoms with E-state index in [9.17, 15) is 4.79 Å². The Morgan fingerprint density at radius 1 is 1.53 bits per heavy atom. The van der Waals surface area contributed by atoms with Crippen molar-refractivity contribution in [1.29, 1.82) is 0 Å². The molecule has 1 unspecified atom stereocenters. The monoisotopic (exact) mass is 293 g/mol. The van der Waals surface area contributed by atoms with Gasteiger partial charge in [-0.1, -0.05) is 13.0 Å². The van der Waals surface area contributed by atoms with Gasteiger partial charge in [0.05, 0.1) is 6.42 Å². The molecular formula is C14H16BrNO. The predicted molar refractivity (Wildman–Crippen MR) is 71.7 cm³/mol. The van der Waals surface area contributed by atoms with Crippen molar-refractivity contribution in [2.24, 2.45) is 5.92 Å². The minimum Gasteiger partial charge on any atom is -0.294 e. The third-order valence-corrected chi connectivity index (χ3v) is 3.63. The third-order valence-electron chi connectivity index (χ3n) is 3.16. The zero-order valence-electron chi connectivity index (χ0n) is 9.95. The van der Waals surface area contributed by atoms with E-state index < -0.39 is 0 Å². The van der Waals surface area contributed by atoms with E-state index >= 15 is 0 Å². The lowest BCUT2D eigenvalue weighted by Gasteiger charge is -2.17. The van der Waals surface area contributed by atoms with E-state index in [1.165, 1.54) is 0 Å². The molecule has 0 spiro atoms. The molecule has 2 rings (SSSR count). The Morgan fingerprint density at radius 2 is 2.35 bits per heavy atom. The summed E-state index contributed by atoms with van der Waals surface area (Å²) in [5.41, 5.74) is 1.84. The molecule has 1 atom stereocenters. The Kier molecular flexibility index (Phi) is 4.11. The number of ketones is 1. The molecule has 0 fully saturated rings. The normalized spacial score (nSPS) is 19.9. The first-order valence-corrected chi connectivity index (χ1v) is 6.77. The van der Waals surface area contributed by atoms with Crippen LogP contribution in [0.3, 0.4) is 0 Å². The summed E-state index contributed by atoms with van der Waals surface area (Å²) >= 11 is 3.34. The molecule has 0 aliphatic heterocycles. The van der Waals surface area contributed by atoms with Crippen LogP contribution in [0, 0.1) is 5.92 Å². The molecule has 2 nitrogen and oxygen atoms in total. The minimum absolute atomic E-state index is 0.228. The number of nitrogens with zero attached hydrogens (tertiary/aromatic N) is 1. The van der Waals surface area contributed by atoms with Crippen LogP contribution in [-0.4, -0.2) is 10.8 Å². The highest BCUT2D eigenvalue weighted by atomic mass is 79.9. The standard InChI is InChI=1S/C14H16BrNO/c1-10-2-4-11(5-3-10)14(17)8-13-7-6-12(15)9-16-13/h4,6-7,9-10H,2-3,5,8H2,1H3. The number of allylic oxidation sites excluding steroid dienone is 2. The van der Waals surface area contributed by atoms with Gasteiger partial charge in [-0.3, -0.25) is 9.78 Å². The topological polar surface area (TPSA) is 30.0 Å². The summed E-state index contributed by atoms with van der Waals surface area (Å²) < 4.78 is 0.944. The van der Waals surface area contributed by atoms with E-state index in [0.717, 1.165) is 40.9 Å². The van der Waals surface area contributed by atoms with Gasteiger partial charge in [0.15, 0.2) is 5.78 Å². The fourth-order valence-corrected chi connectivity index (χ4v) is 2.24. The van der Waals surface area contributed by atoms with Crippen LogP contribution in [0.5, 0.6) is 0 Å². The Morgan fingerprint density at radius 3 is 2.94 bits per heavy atom. The summed E-state index contributed by atoms with van der Waals surface area (Å²) in [4.78, 5) is 16.3. The lowest BCUT2D eigenvalue weighted by atomic mass is 9.88. The summed E-state index contributed by atoms with van der Waals surface area (Å²) in [5.74, 6) is 0.948. The maximum Gasteiger partial charge on any atom is 0.164 e. The first-order chi connectivity index (χ1) is 8.15. The van der Waals surface area contributed by atoms with Gasteiger partial charge in [-0.15, -0.1) is 0 Å². The lowest BCUT2D eigenvalue weighted by Crippen LogP contribution is -2.12. The molecule has 1 aromatic rings. The van der Waals surface area contributed by atoms with Crippen LogP contribution in [-0.2, 0) is 11.2 Å². The number of carbonyl (C=O) groups is 1. The van der Waals surface area contributed by atoms with Gasteiger partial charge in [0.2, 0.25) is 0 Å². The van der Waals surface area contributed by atoms with E-state index in [2.05, 4.69) is 33.9 Å². The van der Waals surface area contributed by atoms with Gasteiger partial charge in [0.25, 0.3) is 0 Å². The van der Waals surface area contributed by atoms with Crippen molar-refractivity contribution in [1.82, 2.24) is 4.98 Å². The van der Waals surface area contributed by atoms with Crippen LogP contribution in [0.4, 0.5) is 0 Å². The van der Waals surface area contributed by atoms with Gasteiger partial charge in [-0.2, -0.15) is 0 Å². The number of aromatic nitrogens is 1. The first-order valence-electron chi connectivity index (χ1n) is 5.98. The summed E-state index contributed by atoms with van der Waals surface area (Å²) in [6.45, 7) is 2.23. The molecule has 0 saturated carbocycles. The molecule has 0 bridgehead atoms. The molecule has 0 N–H and O–H groups in total. The molecule has 0 aromatic carbocycles. The quantitative estimate of drug-likeness (QED) is 0.850. The number of carbonyl (C=O) groups excluding carboxylic acids is 1. The highest BCUT2D eigenvalue weighted by Crippen LogP contribution is 2.24. The molecular weight excluding hydrogens is 278 g/mol. The molecule has 0 radical (unpaired) electrons. The molecule has 0 amide bonds. The summed E-state index contributed by atoms with van der Waals surface area (Å²) in [6.07, 6.45) is 7.36. The molecule has 0 saturated heterocycles. The minimum atomic E-state index is 0.228. The van der Waals surface area contributed by atoms with Crippen LogP contribution in [0.25, 0.3) is 0 Å². The van der Waals surface area contributed by atoms with Gasteiger partial charge in [-0.05, 0) is 58.8 Å². The van der Waals surface area contributed by atoms with Crippen molar-refractivity contribution in [2.75, 3.05) is 0 Å². The van der Waals surface area contributed by atoms with Crippen LogP contribution >= 0.6 is 15.9 Å². The average Bonchev–Trinajstić information content (AvgIpc) is 2.33. The highest BCUT2D eigenvalue weighted by Gasteiger charge is 2.16. The van der Waals surface area contributed by atoms with Crippen LogP contribution in [0.2, 0.25) is 0 Å². The second kappa shape index (κ2) is 5.58. The summed E-state index contributed by atoms with van der Waals surface area (Å²) in [5, 5.41) is 0. The molecule has 1 aromatic heterocycles. The largest absolute Gasteiger partial charge is 0.294 e. The van der Waals surface area contributed by atoms with Crippen molar-refractivity contribution in [3.05, 3.63) is 40.1 Å². The van der Waals surface area contributed by atoms with Crippen molar-refractivity contribution in [2.45, 2.75) is 32.6 Å². The fraction of sp³-hybridized carbons (Fsp3) is 0.429. The number of Topliss-reactive ketones (excluding diaryl/α,β-unsaturated/α-hetero) is 1. The van der Waals surface area contributed by atoms with E-state index in [4.69, 9.17) is 0 Å². The number of hydrogen-bond acceptors (Lipinski definition) is 2. The fourth-order valence-electron chi connectivity index (χ4n) is 2.01. The Labute approximate surface area is 110 Å². The van der Waals surface area contributed by atoms with Gasteiger partial charge >= 0.3 is 0 Å². The lowest BCUT2D eigenvalue weighted by molar-refractivity contribution is -0.115. The average molecular weight is 294 g/mol. The van der Waals surface area contributed by atoms with Crippen molar-refractivity contribution < 1.29 is 4.79 Å². The van der Waals surface area contributed by atoms with E-state index in [0.29, 0.717) is 6.42 Å². The van der Waals surface area contributed by atoms with Crippen molar-refractivity contribution in [3.8, 4) is 0 Å². The first kappa shape index (κ1) is 12.5. The smallest absolute Gasteiger partial charge is 0.164 e. The third kappa shape index (κ3) is 3.50. The van der Waals surface area contributed by atoms with Gasteiger partial charge in [0.1, 0.15) is 0 Å². The zero-order chi connectivity index (χ0) is 12.3. The van der Waals surface area contributed by atoms with Crippen LogP contribution in [0.15, 0.2) is 34.5 Å². The maximum absolute atomic E-state index is 12.0. The maximum atomic E-state index is 12.0. The summed E-state index contributed by atoms with van der Waals surface area (Å²) in [7, 11) is 0. The molecule has 17 heavy (non-hydrogen) atoms. The molecule has 3 heteroatoms. The number of halogens is 1. The number of rotatable bonds is 3. The van der Waals surface area contributed by atoms with E-state index in [-0.39, 0.29) is 5.78 Å². The van der Waals surface area contributed by atoms with Gasteiger partial charge < -0.3 is 0 Å². The van der Waals surface area contributed by atoms with Gasteiger partial charge in [0, 0.05) is 16.4 Å². The zero-order valence-corrected chi connectivity index (χ0v) is 11.5.